The van der Waals surface area contributed by atoms with Gasteiger partial charge < -0.3 is 11.1 Å². The van der Waals surface area contributed by atoms with Gasteiger partial charge in [0.2, 0.25) is 0 Å². The molecule has 1 aromatic carbocycles. The van der Waals surface area contributed by atoms with Crippen molar-refractivity contribution in [3.8, 4) is 6.07 Å². The number of nitrogens with one attached hydrogen (secondary N) is 1. The second kappa shape index (κ2) is 4.94. The van der Waals surface area contributed by atoms with Crippen molar-refractivity contribution in [1.82, 2.24) is 9.97 Å². The molecule has 5 heteroatoms. The number of nitrogen functional groups attached to an aromatic ring is 1. The minimum Gasteiger partial charge on any atom is -0.382 e. The van der Waals surface area contributed by atoms with E-state index in [0.717, 1.165) is 5.56 Å². The minimum absolute atomic E-state index is 0.391. The van der Waals surface area contributed by atoms with Crippen LogP contribution in [0, 0.1) is 11.3 Å². The molecule has 0 aliphatic heterocycles. The molecule has 3 N–H and O–H groups in total. The first-order valence-corrected chi connectivity index (χ1v) is 5.08. The molecule has 0 aliphatic carbocycles. The highest BCUT2D eigenvalue weighted by molar-refractivity contribution is 5.38. The van der Waals surface area contributed by atoms with Gasteiger partial charge in [0.1, 0.15) is 11.6 Å². The maximum absolute atomic E-state index is 8.77. The molecule has 5 nitrogen and oxygen atoms in total. The van der Waals surface area contributed by atoms with Crippen molar-refractivity contribution in [1.29, 1.82) is 5.26 Å². The molecule has 17 heavy (non-hydrogen) atoms. The maximum atomic E-state index is 8.77. The predicted molar refractivity (Wildman–Crippen MR) is 64.9 cm³/mol. The molecule has 84 valence electrons. The summed E-state index contributed by atoms with van der Waals surface area (Å²) in [6, 6.07) is 9.50. The van der Waals surface area contributed by atoms with Crippen LogP contribution in [-0.4, -0.2) is 9.97 Å². The van der Waals surface area contributed by atoms with E-state index in [2.05, 4.69) is 21.4 Å². The number of benzene rings is 1. The first-order valence-electron chi connectivity index (χ1n) is 5.08. The number of nitrogens with zero attached hydrogens (tertiary/aromatic N) is 3. The lowest BCUT2D eigenvalue weighted by Crippen LogP contribution is -2.02. The van der Waals surface area contributed by atoms with Gasteiger partial charge in [-0.15, -0.1) is 0 Å². The predicted octanol–water partition coefficient (Wildman–Crippen LogP) is 1.54. The molecule has 0 radical (unpaired) electrons. The largest absolute Gasteiger partial charge is 0.382 e. The van der Waals surface area contributed by atoms with Crippen LogP contribution in [0.15, 0.2) is 36.7 Å². The maximum Gasteiger partial charge on any atom is 0.144 e. The van der Waals surface area contributed by atoms with Gasteiger partial charge in [-0.3, -0.25) is 0 Å². The number of anilines is 2. The highest BCUT2D eigenvalue weighted by atomic mass is 15.0. The lowest BCUT2D eigenvalue weighted by atomic mass is 10.1. The molecule has 0 bridgehead atoms. The Hall–Kier alpha value is -2.61. The van der Waals surface area contributed by atoms with Gasteiger partial charge in [0.05, 0.1) is 24.0 Å². The number of rotatable bonds is 3. The Morgan fingerprint density at radius 3 is 2.88 bits per heavy atom. The Morgan fingerprint density at radius 1 is 1.29 bits per heavy atom. The van der Waals surface area contributed by atoms with Crippen LogP contribution in [0.1, 0.15) is 11.1 Å². The van der Waals surface area contributed by atoms with Crippen LogP contribution in [0.25, 0.3) is 0 Å². The fourth-order valence-electron chi connectivity index (χ4n) is 1.37. The molecule has 1 aromatic heterocycles. The lowest BCUT2D eigenvalue weighted by Gasteiger charge is -2.05. The van der Waals surface area contributed by atoms with E-state index in [9.17, 15) is 0 Å². The van der Waals surface area contributed by atoms with Crippen LogP contribution in [0.3, 0.4) is 0 Å². The van der Waals surface area contributed by atoms with Gasteiger partial charge >= 0.3 is 0 Å². The second-order valence-electron chi connectivity index (χ2n) is 3.49. The molecule has 0 fully saturated rings. The topological polar surface area (TPSA) is 87.6 Å². The monoisotopic (exact) mass is 225 g/mol. The van der Waals surface area contributed by atoms with Crippen LogP contribution in [0.2, 0.25) is 0 Å². The third-order valence-corrected chi connectivity index (χ3v) is 2.20. The summed E-state index contributed by atoms with van der Waals surface area (Å²) in [5, 5.41) is 11.9. The highest BCUT2D eigenvalue weighted by Crippen LogP contribution is 2.07. The van der Waals surface area contributed by atoms with E-state index in [0.29, 0.717) is 23.7 Å². The molecule has 2 aromatic rings. The van der Waals surface area contributed by atoms with Crippen molar-refractivity contribution in [2.45, 2.75) is 6.54 Å². The van der Waals surface area contributed by atoms with Crippen molar-refractivity contribution >= 4 is 11.6 Å². The minimum atomic E-state index is 0.391. The Labute approximate surface area is 98.9 Å². The van der Waals surface area contributed by atoms with E-state index < -0.39 is 0 Å². The number of nitriles is 1. The quantitative estimate of drug-likeness (QED) is 0.827. The van der Waals surface area contributed by atoms with Crippen molar-refractivity contribution in [3.63, 3.8) is 0 Å². The Kier molecular flexibility index (Phi) is 3.17. The van der Waals surface area contributed by atoms with Crippen molar-refractivity contribution < 1.29 is 0 Å². The summed E-state index contributed by atoms with van der Waals surface area (Å²) in [5.74, 6) is 1.04. The van der Waals surface area contributed by atoms with Gasteiger partial charge in [-0.05, 0) is 17.7 Å². The van der Waals surface area contributed by atoms with Gasteiger partial charge in [-0.1, -0.05) is 12.1 Å². The van der Waals surface area contributed by atoms with Gasteiger partial charge in [0, 0.05) is 6.54 Å². The van der Waals surface area contributed by atoms with Crippen LogP contribution < -0.4 is 11.1 Å². The van der Waals surface area contributed by atoms with Crippen molar-refractivity contribution in [3.05, 3.63) is 47.8 Å². The Balaban J connectivity index is 2.02. The van der Waals surface area contributed by atoms with E-state index in [-0.39, 0.29) is 0 Å². The third-order valence-electron chi connectivity index (χ3n) is 2.20. The average Bonchev–Trinajstić information content (AvgIpc) is 2.38. The van der Waals surface area contributed by atoms with Crippen LogP contribution in [0.4, 0.5) is 11.6 Å². The molecule has 0 saturated heterocycles. The zero-order valence-electron chi connectivity index (χ0n) is 9.09. The van der Waals surface area contributed by atoms with Crippen molar-refractivity contribution in [2.75, 3.05) is 11.1 Å². The van der Waals surface area contributed by atoms with E-state index in [1.165, 1.54) is 6.20 Å². The van der Waals surface area contributed by atoms with Gasteiger partial charge in [0.25, 0.3) is 0 Å². The summed E-state index contributed by atoms with van der Waals surface area (Å²) in [5.41, 5.74) is 7.10. The van der Waals surface area contributed by atoms with Crippen LogP contribution >= 0.6 is 0 Å². The Bertz CT molecular complexity index is 542. The average molecular weight is 225 g/mol. The summed E-state index contributed by atoms with van der Waals surface area (Å²) in [6.45, 7) is 0.591. The van der Waals surface area contributed by atoms with Gasteiger partial charge in [0.15, 0.2) is 0 Å². The fraction of sp³-hybridized carbons (Fsp3) is 0.0833. The van der Waals surface area contributed by atoms with Crippen LogP contribution in [0.5, 0.6) is 0 Å². The first kappa shape index (κ1) is 10.9. The van der Waals surface area contributed by atoms with Gasteiger partial charge in [-0.2, -0.15) is 5.26 Å². The van der Waals surface area contributed by atoms with E-state index >= 15 is 0 Å². The normalized spacial score (nSPS) is 9.59. The summed E-state index contributed by atoms with van der Waals surface area (Å²) in [7, 11) is 0. The zero-order valence-corrected chi connectivity index (χ0v) is 9.09. The lowest BCUT2D eigenvalue weighted by molar-refractivity contribution is 1.09. The number of nitrogens with two attached hydrogens (primary N) is 1. The van der Waals surface area contributed by atoms with E-state index in [1.54, 1.807) is 12.3 Å². The molecular weight excluding hydrogens is 214 g/mol. The molecule has 0 saturated carbocycles. The van der Waals surface area contributed by atoms with Gasteiger partial charge in [-0.25, -0.2) is 9.97 Å². The summed E-state index contributed by atoms with van der Waals surface area (Å²) >= 11 is 0. The fourth-order valence-corrected chi connectivity index (χ4v) is 1.37. The SMILES string of the molecule is N#Cc1cccc(CNc2cnc(N)cn2)c1. The number of aromatic nitrogens is 2. The molecule has 0 unspecified atom stereocenters. The molecule has 2 rings (SSSR count). The molecule has 0 atom stereocenters. The van der Waals surface area contributed by atoms with Crippen LogP contribution in [-0.2, 0) is 6.54 Å². The molecule has 0 aliphatic rings. The summed E-state index contributed by atoms with van der Waals surface area (Å²) in [6.07, 6.45) is 3.07. The summed E-state index contributed by atoms with van der Waals surface area (Å²) in [4.78, 5) is 8.00. The van der Waals surface area contributed by atoms with E-state index in [4.69, 9.17) is 11.0 Å². The number of hydrogen-bond acceptors (Lipinski definition) is 5. The van der Waals surface area contributed by atoms with Crippen molar-refractivity contribution in [2.24, 2.45) is 0 Å². The number of hydrogen-bond donors (Lipinski definition) is 2. The highest BCUT2D eigenvalue weighted by Gasteiger charge is 1.97. The molecule has 0 amide bonds. The summed E-state index contributed by atoms with van der Waals surface area (Å²) < 4.78 is 0. The second-order valence-corrected chi connectivity index (χ2v) is 3.49. The molecule has 1 heterocycles. The molecule has 0 spiro atoms. The smallest absolute Gasteiger partial charge is 0.144 e. The zero-order chi connectivity index (χ0) is 12.1. The van der Waals surface area contributed by atoms with E-state index in [1.807, 2.05) is 18.2 Å². The molecular formula is C12H11N5. The first-order chi connectivity index (χ1) is 8.28. The Morgan fingerprint density at radius 2 is 2.18 bits per heavy atom. The third kappa shape index (κ3) is 2.92. The standard InChI is InChI=1S/C12H11N5/c13-5-9-2-1-3-10(4-9)6-16-12-8-15-11(14)7-17-12/h1-4,7-8H,6H2,(H2,14,15)(H,16,17).